The Bertz CT molecular complexity index is 987. The molecular formula is C23H28N2O5. The quantitative estimate of drug-likeness (QED) is 0.703. The minimum atomic E-state index is -0.553. The Morgan fingerprint density at radius 2 is 1.83 bits per heavy atom. The summed E-state index contributed by atoms with van der Waals surface area (Å²) >= 11 is 0. The highest BCUT2D eigenvalue weighted by atomic mass is 16.5. The predicted molar refractivity (Wildman–Crippen MR) is 114 cm³/mol. The Kier molecular flexibility index (Phi) is 6.01. The smallest absolute Gasteiger partial charge is 0.411 e. The molecule has 2 N–H and O–H groups in total. The van der Waals surface area contributed by atoms with Crippen LogP contribution in [-0.4, -0.2) is 24.4 Å². The number of amides is 2. The van der Waals surface area contributed by atoms with Crippen LogP contribution < -0.4 is 10.6 Å². The molecule has 0 atom stereocenters. The number of hydrogen-bond donors (Lipinski definition) is 2. The number of nitrogens with one attached hydrogen (secondary N) is 2. The Labute approximate surface area is 176 Å². The summed E-state index contributed by atoms with van der Waals surface area (Å²) in [6.07, 6.45) is 0.491. The zero-order chi connectivity index (χ0) is 22.1. The lowest BCUT2D eigenvalue weighted by molar-refractivity contribution is 0.0898. The summed E-state index contributed by atoms with van der Waals surface area (Å²) in [5.74, 6) is 0.517. The maximum absolute atomic E-state index is 12.8. The van der Waals surface area contributed by atoms with E-state index in [9.17, 15) is 14.4 Å². The van der Waals surface area contributed by atoms with Crippen molar-refractivity contribution in [1.82, 2.24) is 0 Å². The average molecular weight is 412 g/mol. The molecule has 3 rings (SSSR count). The first-order chi connectivity index (χ1) is 14.1. The van der Waals surface area contributed by atoms with Crippen LogP contribution in [0.3, 0.4) is 0 Å². The van der Waals surface area contributed by atoms with E-state index in [1.165, 1.54) is 0 Å². The van der Waals surface area contributed by atoms with Crippen LogP contribution in [0.1, 0.15) is 66.4 Å². The molecule has 0 spiro atoms. The SMILES string of the molecule is Cc1c(C(=O)Nc2cccc(NC(=O)OCC(C)C)c2)oc2c1C(=O)CC(C)(C)C2. The number of Topliss-reactive ketones (excluding diaryl/α,β-unsaturated/α-hetero) is 1. The molecule has 160 valence electrons. The largest absolute Gasteiger partial charge is 0.455 e. The number of ketones is 1. The minimum absolute atomic E-state index is 0.00709. The van der Waals surface area contributed by atoms with Crippen molar-refractivity contribution in [2.24, 2.45) is 11.3 Å². The van der Waals surface area contributed by atoms with Gasteiger partial charge in [-0.3, -0.25) is 14.9 Å². The van der Waals surface area contributed by atoms with E-state index in [1.807, 2.05) is 27.7 Å². The van der Waals surface area contributed by atoms with E-state index >= 15 is 0 Å². The van der Waals surface area contributed by atoms with Crippen molar-refractivity contribution in [1.29, 1.82) is 0 Å². The number of furan rings is 1. The van der Waals surface area contributed by atoms with Gasteiger partial charge in [0.1, 0.15) is 5.76 Å². The van der Waals surface area contributed by atoms with Crippen LogP contribution >= 0.6 is 0 Å². The summed E-state index contributed by atoms with van der Waals surface area (Å²) < 4.78 is 10.9. The maximum atomic E-state index is 12.8. The molecule has 1 heterocycles. The molecule has 7 heteroatoms. The van der Waals surface area contributed by atoms with Gasteiger partial charge in [0.25, 0.3) is 5.91 Å². The molecule has 1 aromatic carbocycles. The first-order valence-electron chi connectivity index (χ1n) is 10.1. The highest BCUT2D eigenvalue weighted by molar-refractivity contribution is 6.08. The molecule has 1 aromatic heterocycles. The van der Waals surface area contributed by atoms with E-state index in [-0.39, 0.29) is 22.9 Å². The molecule has 0 saturated carbocycles. The van der Waals surface area contributed by atoms with E-state index in [2.05, 4.69) is 10.6 Å². The number of fused-ring (bicyclic) bond motifs is 1. The molecule has 0 saturated heterocycles. The number of carbonyl (C=O) groups excluding carboxylic acids is 3. The second-order valence-electron chi connectivity index (χ2n) is 8.95. The highest BCUT2D eigenvalue weighted by Gasteiger charge is 2.37. The van der Waals surface area contributed by atoms with Crippen LogP contribution in [0.15, 0.2) is 28.7 Å². The van der Waals surface area contributed by atoms with Gasteiger partial charge in [-0.2, -0.15) is 0 Å². The Morgan fingerprint density at radius 3 is 2.50 bits per heavy atom. The monoisotopic (exact) mass is 412 g/mol. The summed E-state index contributed by atoms with van der Waals surface area (Å²) in [7, 11) is 0. The Balaban J connectivity index is 1.73. The van der Waals surface area contributed by atoms with Gasteiger partial charge >= 0.3 is 6.09 Å². The summed E-state index contributed by atoms with van der Waals surface area (Å²) in [5, 5.41) is 5.41. The number of ether oxygens (including phenoxy) is 1. The molecule has 2 aromatic rings. The van der Waals surface area contributed by atoms with Crippen molar-refractivity contribution in [3.8, 4) is 0 Å². The molecule has 2 amide bonds. The van der Waals surface area contributed by atoms with Crippen molar-refractivity contribution in [2.75, 3.05) is 17.2 Å². The van der Waals surface area contributed by atoms with Crippen molar-refractivity contribution in [3.63, 3.8) is 0 Å². The van der Waals surface area contributed by atoms with Gasteiger partial charge in [0, 0.05) is 29.8 Å². The molecule has 30 heavy (non-hydrogen) atoms. The number of benzene rings is 1. The Morgan fingerprint density at radius 1 is 1.17 bits per heavy atom. The van der Waals surface area contributed by atoms with Gasteiger partial charge in [-0.25, -0.2) is 4.79 Å². The van der Waals surface area contributed by atoms with E-state index in [0.717, 1.165) is 0 Å². The molecule has 0 aliphatic heterocycles. The summed E-state index contributed by atoms with van der Waals surface area (Å²) in [6.45, 7) is 9.97. The highest BCUT2D eigenvalue weighted by Crippen LogP contribution is 2.38. The van der Waals surface area contributed by atoms with Crippen LogP contribution in [0.5, 0.6) is 0 Å². The molecule has 1 aliphatic rings. The van der Waals surface area contributed by atoms with Crippen LogP contribution in [0.4, 0.5) is 16.2 Å². The molecular weight excluding hydrogens is 384 g/mol. The summed E-state index contributed by atoms with van der Waals surface area (Å²) in [5.41, 5.74) is 1.89. The van der Waals surface area contributed by atoms with Gasteiger partial charge in [0.05, 0.1) is 12.2 Å². The fourth-order valence-electron chi connectivity index (χ4n) is 3.56. The third-order valence-electron chi connectivity index (χ3n) is 4.90. The van der Waals surface area contributed by atoms with Gasteiger partial charge in [-0.05, 0) is 36.5 Å². The van der Waals surface area contributed by atoms with Crippen LogP contribution in [0.2, 0.25) is 0 Å². The van der Waals surface area contributed by atoms with Gasteiger partial charge in [-0.15, -0.1) is 0 Å². The standard InChI is InChI=1S/C23H28N2O5/c1-13(2)12-29-22(28)25-16-8-6-7-15(9-16)24-21(27)20-14(3)19-17(26)10-23(4,5)11-18(19)30-20/h6-9,13H,10-12H2,1-5H3,(H,24,27)(H,25,28). The summed E-state index contributed by atoms with van der Waals surface area (Å²) in [6, 6.07) is 6.74. The fraction of sp³-hybridized carbons (Fsp3) is 0.435. The Hall–Kier alpha value is -3.09. The van der Waals surface area contributed by atoms with E-state index in [4.69, 9.17) is 9.15 Å². The van der Waals surface area contributed by atoms with E-state index in [0.29, 0.717) is 47.7 Å². The first kappa shape index (κ1) is 21.6. The molecule has 1 aliphatic carbocycles. The third-order valence-corrected chi connectivity index (χ3v) is 4.90. The van der Waals surface area contributed by atoms with E-state index in [1.54, 1.807) is 31.2 Å². The van der Waals surface area contributed by atoms with Crippen LogP contribution in [0, 0.1) is 18.3 Å². The average Bonchev–Trinajstić information content (AvgIpc) is 2.95. The van der Waals surface area contributed by atoms with E-state index < -0.39 is 12.0 Å². The normalized spacial score (nSPS) is 14.9. The summed E-state index contributed by atoms with van der Waals surface area (Å²) in [4.78, 5) is 37.2. The fourth-order valence-corrected chi connectivity index (χ4v) is 3.56. The molecule has 7 nitrogen and oxygen atoms in total. The molecule has 0 radical (unpaired) electrons. The number of anilines is 2. The van der Waals surface area contributed by atoms with Crippen molar-refractivity contribution in [3.05, 3.63) is 46.9 Å². The molecule has 0 bridgehead atoms. The second-order valence-corrected chi connectivity index (χ2v) is 8.95. The molecule has 0 fully saturated rings. The lowest BCUT2D eigenvalue weighted by Gasteiger charge is -2.27. The maximum Gasteiger partial charge on any atom is 0.411 e. The van der Waals surface area contributed by atoms with Gasteiger partial charge in [0.15, 0.2) is 11.5 Å². The predicted octanol–water partition coefficient (Wildman–Crippen LogP) is 5.20. The van der Waals surface area contributed by atoms with Crippen LogP contribution in [0.25, 0.3) is 0 Å². The minimum Gasteiger partial charge on any atom is -0.455 e. The lowest BCUT2D eigenvalue weighted by atomic mass is 9.76. The van der Waals surface area contributed by atoms with Gasteiger partial charge in [-0.1, -0.05) is 33.8 Å². The van der Waals surface area contributed by atoms with Crippen molar-refractivity contribution >= 4 is 29.2 Å². The zero-order valence-corrected chi connectivity index (χ0v) is 18.0. The van der Waals surface area contributed by atoms with Gasteiger partial charge < -0.3 is 14.5 Å². The number of carbonyl (C=O) groups is 3. The lowest BCUT2D eigenvalue weighted by Crippen LogP contribution is -2.26. The third kappa shape index (κ3) is 4.90. The molecule has 0 unspecified atom stereocenters. The second kappa shape index (κ2) is 8.34. The van der Waals surface area contributed by atoms with Gasteiger partial charge in [0.2, 0.25) is 0 Å². The number of rotatable bonds is 5. The zero-order valence-electron chi connectivity index (χ0n) is 18.0. The number of hydrogen-bond acceptors (Lipinski definition) is 5. The van der Waals surface area contributed by atoms with Crippen molar-refractivity contribution in [2.45, 2.75) is 47.5 Å². The van der Waals surface area contributed by atoms with Crippen LogP contribution in [-0.2, 0) is 11.2 Å². The first-order valence-corrected chi connectivity index (χ1v) is 10.1. The topological polar surface area (TPSA) is 97.6 Å². The van der Waals surface area contributed by atoms with Crippen molar-refractivity contribution < 1.29 is 23.5 Å².